The Labute approximate surface area is 109 Å². The van der Waals surface area contributed by atoms with Gasteiger partial charge in [-0.25, -0.2) is 0 Å². The van der Waals surface area contributed by atoms with Crippen LogP contribution in [0.25, 0.3) is 0 Å². The first-order chi connectivity index (χ1) is 8.16. The number of benzene rings is 1. The molecular weight excluding hydrogens is 232 g/mol. The fourth-order valence-corrected chi connectivity index (χ4v) is 2.68. The minimum Gasteiger partial charge on any atom is -0.381 e. The fourth-order valence-electron chi connectivity index (χ4n) is 2.40. The minimum atomic E-state index is 0.554. The van der Waals surface area contributed by atoms with Crippen LogP contribution < -0.4 is 5.32 Å². The Kier molecular flexibility index (Phi) is 4.30. The summed E-state index contributed by atoms with van der Waals surface area (Å²) in [6, 6.07) is 6.62. The maximum absolute atomic E-state index is 6.25. The molecule has 1 aliphatic heterocycles. The van der Waals surface area contributed by atoms with Crippen LogP contribution in [0.1, 0.15) is 24.8 Å². The molecule has 0 aromatic heterocycles. The molecule has 1 unspecified atom stereocenters. The van der Waals surface area contributed by atoms with E-state index in [1.54, 1.807) is 0 Å². The number of anilines is 1. The molecule has 1 atom stereocenters. The number of likely N-dealkylation sites (tertiary alicyclic amines) is 1. The van der Waals surface area contributed by atoms with Crippen molar-refractivity contribution in [3.05, 3.63) is 28.8 Å². The van der Waals surface area contributed by atoms with E-state index < -0.39 is 0 Å². The van der Waals surface area contributed by atoms with Gasteiger partial charge in [-0.05, 0) is 58.0 Å². The van der Waals surface area contributed by atoms with E-state index in [9.17, 15) is 0 Å². The summed E-state index contributed by atoms with van der Waals surface area (Å²) < 4.78 is 0. The molecule has 1 fully saturated rings. The number of halogens is 1. The second-order valence-electron chi connectivity index (χ2n) is 5.01. The van der Waals surface area contributed by atoms with Crippen molar-refractivity contribution < 1.29 is 0 Å². The summed E-state index contributed by atoms with van der Waals surface area (Å²) >= 11 is 6.25. The monoisotopic (exact) mass is 252 g/mol. The molecule has 2 nitrogen and oxygen atoms in total. The quantitative estimate of drug-likeness (QED) is 0.866. The number of hydrogen-bond donors (Lipinski definition) is 1. The predicted octanol–water partition coefficient (Wildman–Crippen LogP) is 3.54. The average molecular weight is 253 g/mol. The summed E-state index contributed by atoms with van der Waals surface area (Å²) in [5, 5.41) is 4.46. The zero-order chi connectivity index (χ0) is 12.3. The number of aryl methyl sites for hydroxylation is 1. The predicted molar refractivity (Wildman–Crippen MR) is 74.9 cm³/mol. The lowest BCUT2D eigenvalue weighted by molar-refractivity contribution is 0.348. The highest BCUT2D eigenvalue weighted by atomic mass is 35.5. The molecule has 0 amide bonds. The van der Waals surface area contributed by atoms with E-state index in [0.29, 0.717) is 6.04 Å². The van der Waals surface area contributed by atoms with Gasteiger partial charge in [0.25, 0.3) is 0 Å². The standard InChI is InChI=1S/C14H21ClN2/c1-11-5-3-7-13(15)14(11)16-12-6-4-9-17(2)10-8-12/h3,5,7,12,16H,4,6,8-10H2,1-2H3. The van der Waals surface area contributed by atoms with E-state index >= 15 is 0 Å². The molecule has 3 heteroatoms. The van der Waals surface area contributed by atoms with E-state index in [1.807, 2.05) is 12.1 Å². The van der Waals surface area contributed by atoms with Gasteiger partial charge >= 0.3 is 0 Å². The lowest BCUT2D eigenvalue weighted by Crippen LogP contribution is -2.23. The maximum Gasteiger partial charge on any atom is 0.0640 e. The van der Waals surface area contributed by atoms with Gasteiger partial charge in [-0.3, -0.25) is 0 Å². The SMILES string of the molecule is Cc1cccc(Cl)c1NC1CCCN(C)CC1. The summed E-state index contributed by atoms with van der Waals surface area (Å²) in [7, 11) is 2.20. The van der Waals surface area contributed by atoms with Crippen molar-refractivity contribution in [2.24, 2.45) is 0 Å². The molecule has 1 heterocycles. The van der Waals surface area contributed by atoms with Gasteiger partial charge in [0.05, 0.1) is 10.7 Å². The number of rotatable bonds is 2. The molecule has 0 saturated carbocycles. The van der Waals surface area contributed by atoms with Crippen molar-refractivity contribution in [1.82, 2.24) is 4.90 Å². The largest absolute Gasteiger partial charge is 0.381 e. The summed E-state index contributed by atoms with van der Waals surface area (Å²) in [4.78, 5) is 2.40. The van der Waals surface area contributed by atoms with Gasteiger partial charge < -0.3 is 10.2 Å². The van der Waals surface area contributed by atoms with Crippen LogP contribution in [0.15, 0.2) is 18.2 Å². The average Bonchev–Trinajstić information content (AvgIpc) is 2.49. The molecule has 94 valence electrons. The van der Waals surface area contributed by atoms with Crippen molar-refractivity contribution in [1.29, 1.82) is 0 Å². The van der Waals surface area contributed by atoms with Crippen LogP contribution in [0.2, 0.25) is 5.02 Å². The first-order valence-electron chi connectivity index (χ1n) is 6.37. The van der Waals surface area contributed by atoms with E-state index in [2.05, 4.69) is 30.3 Å². The molecule has 1 aromatic carbocycles. The Morgan fingerprint density at radius 1 is 1.29 bits per heavy atom. The van der Waals surface area contributed by atoms with Gasteiger partial charge in [-0.1, -0.05) is 23.7 Å². The zero-order valence-corrected chi connectivity index (χ0v) is 11.4. The molecule has 0 bridgehead atoms. The first kappa shape index (κ1) is 12.7. The van der Waals surface area contributed by atoms with Crippen LogP contribution >= 0.6 is 11.6 Å². The van der Waals surface area contributed by atoms with Crippen LogP contribution in [0.3, 0.4) is 0 Å². The van der Waals surface area contributed by atoms with Crippen molar-refractivity contribution in [3.63, 3.8) is 0 Å². The third-order valence-corrected chi connectivity index (χ3v) is 3.84. The van der Waals surface area contributed by atoms with Crippen molar-refractivity contribution in [2.45, 2.75) is 32.2 Å². The molecule has 0 radical (unpaired) electrons. The Morgan fingerprint density at radius 2 is 2.12 bits per heavy atom. The second kappa shape index (κ2) is 5.74. The zero-order valence-electron chi connectivity index (χ0n) is 10.7. The van der Waals surface area contributed by atoms with Gasteiger partial charge in [0.2, 0.25) is 0 Å². The van der Waals surface area contributed by atoms with E-state index in [4.69, 9.17) is 11.6 Å². The third kappa shape index (κ3) is 3.36. The molecule has 1 saturated heterocycles. The number of nitrogens with zero attached hydrogens (tertiary/aromatic N) is 1. The topological polar surface area (TPSA) is 15.3 Å². The van der Waals surface area contributed by atoms with E-state index in [0.717, 1.165) is 10.7 Å². The molecule has 0 spiro atoms. The van der Waals surface area contributed by atoms with Crippen molar-refractivity contribution in [3.8, 4) is 0 Å². The molecule has 1 aromatic rings. The minimum absolute atomic E-state index is 0.554. The Morgan fingerprint density at radius 3 is 2.88 bits per heavy atom. The normalized spacial score (nSPS) is 22.2. The number of hydrogen-bond acceptors (Lipinski definition) is 2. The highest BCUT2D eigenvalue weighted by molar-refractivity contribution is 6.33. The smallest absolute Gasteiger partial charge is 0.0640 e. The summed E-state index contributed by atoms with van der Waals surface area (Å²) in [5.74, 6) is 0. The summed E-state index contributed by atoms with van der Waals surface area (Å²) in [5.41, 5.74) is 2.35. The van der Waals surface area contributed by atoms with Gasteiger partial charge in [-0.2, -0.15) is 0 Å². The molecular formula is C14H21ClN2. The second-order valence-corrected chi connectivity index (χ2v) is 5.41. The summed E-state index contributed by atoms with van der Waals surface area (Å²) in [6.45, 7) is 4.48. The molecule has 17 heavy (non-hydrogen) atoms. The Balaban J connectivity index is 2.05. The van der Waals surface area contributed by atoms with Gasteiger partial charge in [0.15, 0.2) is 0 Å². The number of para-hydroxylation sites is 1. The molecule has 0 aliphatic carbocycles. The van der Waals surface area contributed by atoms with Gasteiger partial charge in [0.1, 0.15) is 0 Å². The highest BCUT2D eigenvalue weighted by Gasteiger charge is 2.16. The fraction of sp³-hybridized carbons (Fsp3) is 0.571. The van der Waals surface area contributed by atoms with Gasteiger partial charge in [-0.15, -0.1) is 0 Å². The van der Waals surface area contributed by atoms with Crippen LogP contribution in [-0.4, -0.2) is 31.1 Å². The van der Waals surface area contributed by atoms with Crippen LogP contribution in [0.4, 0.5) is 5.69 Å². The van der Waals surface area contributed by atoms with Crippen LogP contribution in [0.5, 0.6) is 0 Å². The highest BCUT2D eigenvalue weighted by Crippen LogP contribution is 2.27. The Bertz CT molecular complexity index is 358. The van der Waals surface area contributed by atoms with Crippen LogP contribution in [-0.2, 0) is 0 Å². The molecule has 1 N–H and O–H groups in total. The lowest BCUT2D eigenvalue weighted by Gasteiger charge is -2.20. The lowest BCUT2D eigenvalue weighted by atomic mass is 10.1. The molecule has 1 aliphatic rings. The summed E-state index contributed by atoms with van der Waals surface area (Å²) in [6.07, 6.45) is 3.69. The van der Waals surface area contributed by atoms with E-state index in [-0.39, 0.29) is 0 Å². The van der Waals surface area contributed by atoms with Crippen molar-refractivity contribution in [2.75, 3.05) is 25.5 Å². The first-order valence-corrected chi connectivity index (χ1v) is 6.75. The number of nitrogens with one attached hydrogen (secondary N) is 1. The Hall–Kier alpha value is -0.730. The molecule has 2 rings (SSSR count). The van der Waals surface area contributed by atoms with Crippen molar-refractivity contribution >= 4 is 17.3 Å². The van der Waals surface area contributed by atoms with Crippen LogP contribution in [0, 0.1) is 6.92 Å². The van der Waals surface area contributed by atoms with Gasteiger partial charge in [0, 0.05) is 6.04 Å². The van der Waals surface area contributed by atoms with E-state index in [1.165, 1.54) is 37.9 Å². The third-order valence-electron chi connectivity index (χ3n) is 3.52. The maximum atomic E-state index is 6.25.